The molecule has 6 nitrogen and oxygen atoms in total. The van der Waals surface area contributed by atoms with Crippen molar-refractivity contribution in [3.8, 4) is 0 Å². The van der Waals surface area contributed by atoms with E-state index < -0.39 is 6.10 Å². The van der Waals surface area contributed by atoms with Crippen molar-refractivity contribution in [3.05, 3.63) is 72.9 Å². The average Bonchev–Trinajstić information content (AvgIpc) is 3.30. The molecule has 0 aliphatic carbocycles. The highest BCUT2D eigenvalue weighted by Gasteiger charge is 2.19. The third kappa shape index (κ3) is 51.7. The van der Waals surface area contributed by atoms with E-state index in [1.54, 1.807) is 0 Å². The summed E-state index contributed by atoms with van der Waals surface area (Å²) in [4.78, 5) is 38.0. The summed E-state index contributed by atoms with van der Waals surface area (Å²) in [7, 11) is 0. The molecule has 1 atom stereocenters. The smallest absolute Gasteiger partial charge is 0.306 e. The fraction of sp³-hybridized carbons (Fsp3) is 0.746. The predicted molar refractivity (Wildman–Crippen MR) is 279 cm³/mol. The Morgan fingerprint density at radius 2 is 0.631 bits per heavy atom. The quantitative estimate of drug-likeness (QED) is 0.0199. The van der Waals surface area contributed by atoms with Gasteiger partial charge in [-0.15, -0.1) is 0 Å². The van der Waals surface area contributed by atoms with Crippen molar-refractivity contribution < 1.29 is 28.6 Å². The van der Waals surface area contributed by atoms with Gasteiger partial charge in [0.25, 0.3) is 0 Å². The predicted octanol–water partition coefficient (Wildman–Crippen LogP) is 18.2. The van der Waals surface area contributed by atoms with Gasteiger partial charge in [0.15, 0.2) is 6.10 Å². The lowest BCUT2D eigenvalue weighted by molar-refractivity contribution is -0.167. The van der Waals surface area contributed by atoms with E-state index >= 15 is 0 Å². The molecule has 0 amide bonds. The largest absolute Gasteiger partial charge is 0.462 e. The summed E-state index contributed by atoms with van der Waals surface area (Å²) in [6, 6.07) is 0. The van der Waals surface area contributed by atoms with Gasteiger partial charge in [0, 0.05) is 19.3 Å². The maximum atomic E-state index is 12.8. The minimum atomic E-state index is -0.806. The van der Waals surface area contributed by atoms with Crippen LogP contribution in [0.15, 0.2) is 72.9 Å². The molecule has 0 saturated heterocycles. The molecule has 0 spiro atoms. The Bertz CT molecular complexity index is 1230. The van der Waals surface area contributed by atoms with E-state index in [9.17, 15) is 14.4 Å². The lowest BCUT2D eigenvalue weighted by atomic mass is 10.0. The average molecular weight is 907 g/mol. The molecule has 65 heavy (non-hydrogen) atoms. The molecule has 0 aromatic heterocycles. The second-order valence-electron chi connectivity index (χ2n) is 18.2. The minimum Gasteiger partial charge on any atom is -0.462 e. The summed E-state index contributed by atoms with van der Waals surface area (Å²) >= 11 is 0. The second-order valence-corrected chi connectivity index (χ2v) is 18.2. The minimum absolute atomic E-state index is 0.0991. The number of unbranched alkanes of at least 4 members (excludes halogenated alkanes) is 30. The molecule has 6 heteroatoms. The summed E-state index contributed by atoms with van der Waals surface area (Å²) in [6.45, 7) is 6.44. The highest BCUT2D eigenvalue weighted by atomic mass is 16.6. The van der Waals surface area contributed by atoms with Crippen LogP contribution in [0.4, 0.5) is 0 Å². The highest BCUT2D eigenvalue weighted by Crippen LogP contribution is 2.16. The van der Waals surface area contributed by atoms with E-state index in [1.807, 2.05) is 54.7 Å². The maximum absolute atomic E-state index is 12.8. The molecular formula is C59H102O6. The molecule has 0 radical (unpaired) electrons. The maximum Gasteiger partial charge on any atom is 0.306 e. The van der Waals surface area contributed by atoms with Crippen LogP contribution in [0.5, 0.6) is 0 Å². The molecule has 374 valence electrons. The number of esters is 3. The number of allylic oxidation sites excluding steroid dienone is 12. The number of carbonyl (C=O) groups is 3. The van der Waals surface area contributed by atoms with Crippen molar-refractivity contribution in [1.82, 2.24) is 0 Å². The zero-order valence-corrected chi connectivity index (χ0v) is 42.7. The van der Waals surface area contributed by atoms with E-state index in [2.05, 4.69) is 39.0 Å². The van der Waals surface area contributed by atoms with Crippen LogP contribution in [0.1, 0.15) is 265 Å². The standard InChI is InChI=1S/C59H102O6/c1-4-7-10-13-16-19-22-25-27-29-30-32-34-37-40-43-46-49-52-58(61)64-55-56(54-63-57(60)51-48-45-42-39-36-33-24-21-18-15-12-9-6-3)65-59(62)53-50-47-44-41-38-35-31-28-26-23-20-17-14-11-8-5-2/h9,12,15,18,21,24,28,31,33,36,39,42,56H,4-8,10-11,13-14,16-17,19-20,22-23,25-27,29-30,32,34-35,37-38,40-41,43-55H2,1-3H3/b12-9-,18-15-,24-21-,31-28-,36-33-,42-39-. The van der Waals surface area contributed by atoms with Crippen LogP contribution in [0.3, 0.4) is 0 Å². The zero-order chi connectivity index (χ0) is 47.2. The third-order valence-electron chi connectivity index (χ3n) is 11.8. The van der Waals surface area contributed by atoms with Gasteiger partial charge in [-0.3, -0.25) is 14.4 Å². The summed E-state index contributed by atoms with van der Waals surface area (Å²) in [5, 5.41) is 0. The van der Waals surface area contributed by atoms with Gasteiger partial charge < -0.3 is 14.2 Å². The first-order valence-corrected chi connectivity index (χ1v) is 27.5. The van der Waals surface area contributed by atoms with Gasteiger partial charge >= 0.3 is 17.9 Å². The van der Waals surface area contributed by atoms with E-state index in [4.69, 9.17) is 14.2 Å². The van der Waals surface area contributed by atoms with E-state index in [1.165, 1.54) is 154 Å². The molecule has 0 aromatic carbocycles. The molecular weight excluding hydrogens is 805 g/mol. The van der Waals surface area contributed by atoms with Crippen LogP contribution in [0.2, 0.25) is 0 Å². The SMILES string of the molecule is CC\C=C/C=C\C=C/C=C\C=C/CCCC(=O)OCC(COC(=O)CCCCCCCCCCCCCCCCCCCC)OC(=O)CCCCCCC/C=C\CCCCCCCCC. The molecule has 0 bridgehead atoms. The van der Waals surface area contributed by atoms with Crippen molar-refractivity contribution in [2.75, 3.05) is 13.2 Å². The van der Waals surface area contributed by atoms with Gasteiger partial charge in [0.05, 0.1) is 0 Å². The lowest BCUT2D eigenvalue weighted by Crippen LogP contribution is -2.30. The Morgan fingerprint density at radius 3 is 1.03 bits per heavy atom. The second kappa shape index (κ2) is 53.5. The topological polar surface area (TPSA) is 78.9 Å². The van der Waals surface area contributed by atoms with Gasteiger partial charge in [-0.05, 0) is 57.8 Å². The van der Waals surface area contributed by atoms with Crippen molar-refractivity contribution in [3.63, 3.8) is 0 Å². The first kappa shape index (κ1) is 61.9. The monoisotopic (exact) mass is 907 g/mol. The summed E-state index contributed by atoms with van der Waals surface area (Å²) in [6.07, 6.45) is 67.6. The van der Waals surface area contributed by atoms with Crippen LogP contribution in [0, 0.1) is 0 Å². The number of ether oxygens (including phenoxy) is 3. The molecule has 1 unspecified atom stereocenters. The van der Waals surface area contributed by atoms with Crippen LogP contribution in [0.25, 0.3) is 0 Å². The van der Waals surface area contributed by atoms with E-state index in [-0.39, 0.29) is 37.5 Å². The Labute approximate surface area is 402 Å². The van der Waals surface area contributed by atoms with Crippen LogP contribution in [-0.4, -0.2) is 37.2 Å². The Hall–Kier alpha value is -3.15. The van der Waals surface area contributed by atoms with Gasteiger partial charge in [-0.1, -0.05) is 261 Å². The van der Waals surface area contributed by atoms with Crippen molar-refractivity contribution in [2.45, 2.75) is 271 Å². The summed E-state index contributed by atoms with van der Waals surface area (Å²) in [5.74, 6) is -0.977. The first-order chi connectivity index (χ1) is 32.0. The van der Waals surface area contributed by atoms with Gasteiger partial charge in [0.2, 0.25) is 0 Å². The Morgan fingerprint density at radius 1 is 0.323 bits per heavy atom. The summed E-state index contributed by atoms with van der Waals surface area (Å²) in [5.41, 5.74) is 0. The Kier molecular flexibility index (Phi) is 50.9. The highest BCUT2D eigenvalue weighted by molar-refractivity contribution is 5.71. The van der Waals surface area contributed by atoms with Crippen LogP contribution >= 0.6 is 0 Å². The molecule has 0 aromatic rings. The molecule has 0 saturated carbocycles. The fourth-order valence-corrected chi connectivity index (χ4v) is 7.70. The number of hydrogen-bond donors (Lipinski definition) is 0. The van der Waals surface area contributed by atoms with Gasteiger partial charge in [0.1, 0.15) is 13.2 Å². The number of carbonyl (C=O) groups excluding carboxylic acids is 3. The van der Waals surface area contributed by atoms with Crippen molar-refractivity contribution >= 4 is 17.9 Å². The molecule has 0 rings (SSSR count). The molecule has 0 heterocycles. The molecule has 0 N–H and O–H groups in total. The van der Waals surface area contributed by atoms with E-state index in [0.29, 0.717) is 19.3 Å². The van der Waals surface area contributed by atoms with Gasteiger partial charge in [-0.25, -0.2) is 0 Å². The van der Waals surface area contributed by atoms with Crippen molar-refractivity contribution in [1.29, 1.82) is 0 Å². The number of rotatable bonds is 49. The number of hydrogen-bond acceptors (Lipinski definition) is 6. The van der Waals surface area contributed by atoms with E-state index in [0.717, 1.165) is 64.2 Å². The third-order valence-corrected chi connectivity index (χ3v) is 11.8. The summed E-state index contributed by atoms with van der Waals surface area (Å²) < 4.78 is 16.8. The fourth-order valence-electron chi connectivity index (χ4n) is 7.70. The van der Waals surface area contributed by atoms with Gasteiger partial charge in [-0.2, -0.15) is 0 Å². The van der Waals surface area contributed by atoms with Crippen LogP contribution in [-0.2, 0) is 28.6 Å². The van der Waals surface area contributed by atoms with Crippen LogP contribution < -0.4 is 0 Å². The first-order valence-electron chi connectivity index (χ1n) is 27.5. The van der Waals surface area contributed by atoms with Crippen molar-refractivity contribution in [2.24, 2.45) is 0 Å². The molecule has 0 fully saturated rings. The lowest BCUT2D eigenvalue weighted by Gasteiger charge is -2.18. The normalized spacial score (nSPS) is 12.6. The zero-order valence-electron chi connectivity index (χ0n) is 42.7. The molecule has 0 aliphatic heterocycles. The molecule has 0 aliphatic rings. The Balaban J connectivity index is 4.43.